The Hall–Kier alpha value is -3.38. The number of carbonyl (C=O) groups is 1. The molecule has 5 aromatic rings. The Kier molecular flexibility index (Phi) is 4.21. The maximum Gasteiger partial charge on any atom is 0.315 e. The molecule has 0 bridgehead atoms. The van der Waals surface area contributed by atoms with Crippen molar-refractivity contribution in [3.8, 4) is 5.75 Å². The molecule has 29 heavy (non-hydrogen) atoms. The van der Waals surface area contributed by atoms with Crippen LogP contribution in [0.2, 0.25) is 0 Å². The highest BCUT2D eigenvalue weighted by Crippen LogP contribution is 2.29. The van der Waals surface area contributed by atoms with Gasteiger partial charge in [0, 0.05) is 17.3 Å². The van der Waals surface area contributed by atoms with Gasteiger partial charge < -0.3 is 13.7 Å². The lowest BCUT2D eigenvalue weighted by Gasteiger charge is -2.02. The number of benzene rings is 3. The van der Waals surface area contributed by atoms with Gasteiger partial charge in [0.2, 0.25) is 0 Å². The van der Waals surface area contributed by atoms with Gasteiger partial charge in [-0.3, -0.25) is 4.79 Å². The van der Waals surface area contributed by atoms with Crippen molar-refractivity contribution < 1.29 is 13.9 Å². The summed E-state index contributed by atoms with van der Waals surface area (Å²) in [5, 5.41) is 3.15. The zero-order chi connectivity index (χ0) is 20.0. The fourth-order valence-electron chi connectivity index (χ4n) is 3.63. The van der Waals surface area contributed by atoms with Gasteiger partial charge in [0.05, 0.1) is 17.3 Å². The van der Waals surface area contributed by atoms with Crippen molar-refractivity contribution in [3.63, 3.8) is 0 Å². The summed E-state index contributed by atoms with van der Waals surface area (Å²) in [4.78, 5) is 18.0. The van der Waals surface area contributed by atoms with Crippen molar-refractivity contribution in [1.82, 2.24) is 4.57 Å². The van der Waals surface area contributed by atoms with E-state index in [1.165, 1.54) is 22.1 Å². The molecule has 1 amide bonds. The van der Waals surface area contributed by atoms with Gasteiger partial charge in [-0.2, -0.15) is 4.99 Å². The number of aromatic nitrogens is 1. The fraction of sp³-hybridized carbons (Fsp3) is 0.130. The third-order valence-electron chi connectivity index (χ3n) is 5.03. The number of hydrogen-bond acceptors (Lipinski definition) is 4. The molecule has 0 aliphatic rings. The first-order valence-electron chi connectivity index (χ1n) is 9.36. The number of hydrogen-bond donors (Lipinski definition) is 0. The minimum atomic E-state index is -0.402. The first-order chi connectivity index (χ1) is 14.2. The maximum absolute atomic E-state index is 12.9. The van der Waals surface area contributed by atoms with Gasteiger partial charge in [-0.25, -0.2) is 0 Å². The predicted molar refractivity (Wildman–Crippen MR) is 116 cm³/mol. The van der Waals surface area contributed by atoms with Gasteiger partial charge in [-0.15, -0.1) is 0 Å². The zero-order valence-corrected chi connectivity index (χ0v) is 16.8. The van der Waals surface area contributed by atoms with E-state index in [0.29, 0.717) is 16.1 Å². The van der Waals surface area contributed by atoms with Crippen LogP contribution in [0, 0.1) is 0 Å². The number of thiazole rings is 1. The summed E-state index contributed by atoms with van der Waals surface area (Å²) in [7, 11) is 1.58. The maximum atomic E-state index is 12.9. The molecule has 0 unspecified atom stereocenters. The molecule has 0 spiro atoms. The highest BCUT2D eigenvalue weighted by Gasteiger charge is 2.16. The zero-order valence-electron chi connectivity index (χ0n) is 16.0. The Morgan fingerprint density at radius 2 is 1.93 bits per heavy atom. The second-order valence-corrected chi connectivity index (χ2v) is 7.65. The van der Waals surface area contributed by atoms with Crippen molar-refractivity contribution in [2.24, 2.45) is 4.99 Å². The smallest absolute Gasteiger partial charge is 0.315 e. The average Bonchev–Trinajstić information content (AvgIpc) is 3.34. The second kappa shape index (κ2) is 6.90. The van der Waals surface area contributed by atoms with Crippen LogP contribution < -0.4 is 9.54 Å². The number of ether oxygens (including phenoxy) is 1. The number of rotatable bonds is 3. The molecule has 0 saturated heterocycles. The molecular weight excluding hydrogens is 384 g/mol. The van der Waals surface area contributed by atoms with Gasteiger partial charge >= 0.3 is 5.91 Å². The number of nitrogens with zero attached hydrogens (tertiary/aromatic N) is 2. The van der Waals surface area contributed by atoms with Crippen LogP contribution in [0.25, 0.3) is 32.0 Å². The van der Waals surface area contributed by atoms with E-state index in [1.54, 1.807) is 19.2 Å². The molecule has 5 nitrogen and oxygen atoms in total. The van der Waals surface area contributed by atoms with Gasteiger partial charge in [-0.05, 0) is 30.5 Å². The average molecular weight is 402 g/mol. The van der Waals surface area contributed by atoms with Gasteiger partial charge in [0.1, 0.15) is 0 Å². The van der Waals surface area contributed by atoms with Crippen LogP contribution in [0.4, 0.5) is 0 Å². The van der Waals surface area contributed by atoms with Crippen molar-refractivity contribution in [1.29, 1.82) is 0 Å². The molecular formula is C23H18N2O3S. The largest absolute Gasteiger partial charge is 0.493 e. The lowest BCUT2D eigenvalue weighted by Crippen LogP contribution is -2.15. The highest BCUT2D eigenvalue weighted by molar-refractivity contribution is 7.17. The third-order valence-corrected chi connectivity index (χ3v) is 6.15. The van der Waals surface area contributed by atoms with E-state index < -0.39 is 5.91 Å². The summed E-state index contributed by atoms with van der Waals surface area (Å²) in [6.45, 7) is 2.77. The van der Waals surface area contributed by atoms with E-state index in [9.17, 15) is 4.79 Å². The van der Waals surface area contributed by atoms with Crippen molar-refractivity contribution >= 4 is 49.2 Å². The first-order valence-corrected chi connectivity index (χ1v) is 10.2. The number of methoxy groups -OCH3 is 1. The molecule has 0 fully saturated rings. The van der Waals surface area contributed by atoms with E-state index in [-0.39, 0.29) is 5.76 Å². The Morgan fingerprint density at radius 3 is 2.76 bits per heavy atom. The normalized spacial score (nSPS) is 12.3. The van der Waals surface area contributed by atoms with E-state index in [0.717, 1.165) is 22.1 Å². The molecule has 0 aliphatic heterocycles. The molecule has 6 heteroatoms. The Morgan fingerprint density at radius 1 is 1.10 bits per heavy atom. The number of carbonyl (C=O) groups excluding carboxylic acids is 1. The number of fused-ring (bicyclic) bond motifs is 4. The van der Waals surface area contributed by atoms with Crippen molar-refractivity contribution in [2.45, 2.75) is 13.5 Å². The van der Waals surface area contributed by atoms with Gasteiger partial charge in [0.25, 0.3) is 0 Å². The van der Waals surface area contributed by atoms with Gasteiger partial charge in [0.15, 0.2) is 21.9 Å². The summed E-state index contributed by atoms with van der Waals surface area (Å²) < 4.78 is 14.3. The summed E-state index contributed by atoms with van der Waals surface area (Å²) >= 11 is 1.52. The highest BCUT2D eigenvalue weighted by atomic mass is 32.1. The molecule has 144 valence electrons. The topological polar surface area (TPSA) is 56.7 Å². The van der Waals surface area contributed by atoms with Crippen LogP contribution in [0.3, 0.4) is 0 Å². The Bertz CT molecular complexity index is 1460. The molecule has 2 heterocycles. The standard InChI is InChI=1S/C23H18N2O3S/c1-3-25-17-12-11-14-7-4-5-9-16(14)21(17)29-23(25)24-22(26)19-13-15-8-6-10-18(27-2)20(15)28-19/h4-13H,3H2,1-2H3. The summed E-state index contributed by atoms with van der Waals surface area (Å²) in [5.41, 5.74) is 1.63. The van der Waals surface area contributed by atoms with Crippen LogP contribution in [-0.4, -0.2) is 17.6 Å². The fourth-order valence-corrected chi connectivity index (χ4v) is 4.86. The number of furan rings is 1. The minimum Gasteiger partial charge on any atom is -0.493 e. The molecule has 0 radical (unpaired) electrons. The van der Waals surface area contributed by atoms with Gasteiger partial charge in [-0.1, -0.05) is 53.8 Å². The molecule has 0 N–H and O–H groups in total. The van der Waals surface area contributed by atoms with Crippen LogP contribution >= 0.6 is 11.3 Å². The monoisotopic (exact) mass is 402 g/mol. The number of aryl methyl sites for hydroxylation is 1. The molecule has 0 saturated carbocycles. The molecule has 2 aromatic heterocycles. The lowest BCUT2D eigenvalue weighted by molar-refractivity contribution is 0.0973. The molecule has 5 rings (SSSR count). The summed E-state index contributed by atoms with van der Waals surface area (Å²) in [5.74, 6) is 0.397. The molecule has 0 aliphatic carbocycles. The second-order valence-electron chi connectivity index (χ2n) is 6.67. The van der Waals surface area contributed by atoms with E-state index in [1.807, 2.05) is 24.3 Å². The Balaban J connectivity index is 1.68. The van der Waals surface area contributed by atoms with Crippen LogP contribution in [-0.2, 0) is 6.54 Å². The quantitative estimate of drug-likeness (QED) is 0.408. The predicted octanol–water partition coefficient (Wildman–Crippen LogP) is 5.37. The SMILES string of the molecule is CCn1c(=NC(=O)c2cc3cccc(OC)c3o2)sc2c3ccccc3ccc21. The lowest BCUT2D eigenvalue weighted by atomic mass is 10.1. The Labute approximate surface area is 170 Å². The van der Waals surface area contributed by atoms with Crippen LogP contribution in [0.1, 0.15) is 17.5 Å². The third kappa shape index (κ3) is 2.84. The summed E-state index contributed by atoms with van der Waals surface area (Å²) in [6, 6.07) is 19.7. The molecule has 3 aromatic carbocycles. The molecule has 0 atom stereocenters. The van der Waals surface area contributed by atoms with E-state index >= 15 is 0 Å². The first kappa shape index (κ1) is 17.7. The number of para-hydroxylation sites is 1. The van der Waals surface area contributed by atoms with E-state index in [4.69, 9.17) is 9.15 Å². The van der Waals surface area contributed by atoms with Crippen LogP contribution in [0.15, 0.2) is 70.1 Å². The minimum absolute atomic E-state index is 0.203. The van der Waals surface area contributed by atoms with Crippen molar-refractivity contribution in [2.75, 3.05) is 7.11 Å². The van der Waals surface area contributed by atoms with Crippen LogP contribution in [0.5, 0.6) is 5.75 Å². The number of amides is 1. The van der Waals surface area contributed by atoms with Crippen molar-refractivity contribution in [3.05, 3.63) is 71.2 Å². The van der Waals surface area contributed by atoms with E-state index in [2.05, 4.69) is 40.7 Å². The summed E-state index contributed by atoms with van der Waals surface area (Å²) in [6.07, 6.45) is 0.